The number of hydrogen-bond acceptors (Lipinski definition) is 2. The fourth-order valence-corrected chi connectivity index (χ4v) is 2.77. The van der Waals surface area contributed by atoms with Crippen molar-refractivity contribution in [1.29, 1.82) is 5.41 Å². The molecule has 0 aliphatic rings. The van der Waals surface area contributed by atoms with Crippen LogP contribution >= 0.6 is 11.8 Å². The maximum Gasteiger partial charge on any atom is 0.123 e. The number of benzene rings is 2. The van der Waals surface area contributed by atoms with Crippen molar-refractivity contribution >= 4 is 28.4 Å². The second-order valence-electron chi connectivity index (χ2n) is 3.92. The highest BCUT2D eigenvalue weighted by molar-refractivity contribution is 7.99. The number of thioether (sulfide) groups is 1. The predicted molar refractivity (Wildman–Crippen MR) is 76.0 cm³/mol. The first-order valence-corrected chi connectivity index (χ1v) is 6.71. The van der Waals surface area contributed by atoms with Gasteiger partial charge in [-0.3, -0.25) is 5.41 Å². The van der Waals surface area contributed by atoms with Crippen LogP contribution in [0.3, 0.4) is 0 Å². The quantitative estimate of drug-likeness (QED) is 0.490. The van der Waals surface area contributed by atoms with Crippen molar-refractivity contribution in [3.05, 3.63) is 42.0 Å². The number of nitrogens with one attached hydrogen (secondary N) is 1. The lowest BCUT2D eigenvalue weighted by atomic mass is 10.0. The van der Waals surface area contributed by atoms with Gasteiger partial charge in [0.1, 0.15) is 5.84 Å². The molecule has 3 heteroatoms. The van der Waals surface area contributed by atoms with Crippen LogP contribution < -0.4 is 5.73 Å². The summed E-state index contributed by atoms with van der Waals surface area (Å²) in [5, 5.41) is 9.86. The van der Waals surface area contributed by atoms with Crippen LogP contribution in [0.15, 0.2) is 41.3 Å². The second-order valence-corrected chi connectivity index (χ2v) is 5.06. The van der Waals surface area contributed by atoms with E-state index in [1.165, 1.54) is 10.3 Å². The van der Waals surface area contributed by atoms with Gasteiger partial charge in [-0.25, -0.2) is 0 Å². The number of nitrogen functional groups attached to an aromatic ring is 1. The third kappa shape index (κ3) is 2.44. The second kappa shape index (κ2) is 5.23. The summed E-state index contributed by atoms with van der Waals surface area (Å²) in [6.45, 7) is 2.18. The zero-order valence-electron chi connectivity index (χ0n) is 9.86. The van der Waals surface area contributed by atoms with Crippen molar-refractivity contribution < 1.29 is 0 Å². The summed E-state index contributed by atoms with van der Waals surface area (Å²) in [5.74, 6) is 1.25. The van der Waals surface area contributed by atoms with Gasteiger partial charge in [-0.15, -0.1) is 11.8 Å². The van der Waals surface area contributed by atoms with Gasteiger partial charge in [0, 0.05) is 10.5 Å². The van der Waals surface area contributed by atoms with Crippen LogP contribution in [0.1, 0.15) is 18.9 Å². The van der Waals surface area contributed by atoms with E-state index in [4.69, 9.17) is 11.1 Å². The van der Waals surface area contributed by atoms with Crippen molar-refractivity contribution in [2.75, 3.05) is 5.75 Å². The molecule has 0 saturated carbocycles. The molecular weight excluding hydrogens is 228 g/mol. The standard InChI is InChI=1S/C14H16N2S/c1-2-9-17-13-8-7-12(14(15)16)10-5-3-4-6-11(10)13/h3-8H,2,9H2,1H3,(H3,15,16). The van der Waals surface area contributed by atoms with Crippen molar-refractivity contribution in [3.63, 3.8) is 0 Å². The normalized spacial score (nSPS) is 10.6. The number of rotatable bonds is 4. The Morgan fingerprint density at radius 2 is 1.88 bits per heavy atom. The summed E-state index contributed by atoms with van der Waals surface area (Å²) in [4.78, 5) is 1.27. The molecule has 0 heterocycles. The number of amidine groups is 1. The van der Waals surface area contributed by atoms with Crippen molar-refractivity contribution in [1.82, 2.24) is 0 Å². The highest BCUT2D eigenvalue weighted by Gasteiger charge is 2.07. The largest absolute Gasteiger partial charge is 0.384 e. The number of fused-ring (bicyclic) bond motifs is 1. The Balaban J connectivity index is 2.58. The van der Waals surface area contributed by atoms with Gasteiger partial charge in [-0.1, -0.05) is 31.2 Å². The van der Waals surface area contributed by atoms with Gasteiger partial charge in [0.2, 0.25) is 0 Å². The number of hydrogen-bond donors (Lipinski definition) is 2. The van der Waals surface area contributed by atoms with Crippen LogP contribution in [0, 0.1) is 5.41 Å². The lowest BCUT2D eigenvalue weighted by molar-refractivity contribution is 1.11. The first-order chi connectivity index (χ1) is 8.24. The molecule has 2 aromatic carbocycles. The average Bonchev–Trinajstić information content (AvgIpc) is 2.35. The van der Waals surface area contributed by atoms with Crippen molar-refractivity contribution in [2.45, 2.75) is 18.2 Å². The van der Waals surface area contributed by atoms with Crippen LogP contribution in [0.4, 0.5) is 0 Å². The molecule has 0 aliphatic carbocycles. The molecule has 0 bridgehead atoms. The van der Waals surface area contributed by atoms with Crippen LogP contribution in [0.25, 0.3) is 10.8 Å². The highest BCUT2D eigenvalue weighted by Crippen LogP contribution is 2.30. The maximum atomic E-state index is 7.60. The van der Waals surface area contributed by atoms with Gasteiger partial charge >= 0.3 is 0 Å². The zero-order valence-corrected chi connectivity index (χ0v) is 10.7. The topological polar surface area (TPSA) is 49.9 Å². The van der Waals surface area contributed by atoms with E-state index < -0.39 is 0 Å². The summed E-state index contributed by atoms with van der Waals surface area (Å²) in [7, 11) is 0. The molecule has 0 spiro atoms. The minimum Gasteiger partial charge on any atom is -0.384 e. The van der Waals surface area contributed by atoms with Crippen molar-refractivity contribution in [3.8, 4) is 0 Å². The lowest BCUT2D eigenvalue weighted by Crippen LogP contribution is -2.11. The molecule has 0 saturated heterocycles. The van der Waals surface area contributed by atoms with Crippen LogP contribution in [-0.2, 0) is 0 Å². The van der Waals surface area contributed by atoms with Crippen LogP contribution in [-0.4, -0.2) is 11.6 Å². The Kier molecular flexibility index (Phi) is 3.69. The summed E-state index contributed by atoms with van der Waals surface area (Å²) in [6.07, 6.45) is 1.16. The first kappa shape index (κ1) is 12.0. The van der Waals surface area contributed by atoms with Crippen LogP contribution in [0.5, 0.6) is 0 Å². The van der Waals surface area contributed by atoms with Gasteiger partial charge < -0.3 is 5.73 Å². The molecule has 2 rings (SSSR count). The van der Waals surface area contributed by atoms with E-state index in [0.717, 1.165) is 23.1 Å². The van der Waals surface area contributed by atoms with E-state index >= 15 is 0 Å². The average molecular weight is 244 g/mol. The predicted octanol–water partition coefficient (Wildman–Crippen LogP) is 3.63. The monoisotopic (exact) mass is 244 g/mol. The molecule has 0 radical (unpaired) electrons. The Hall–Kier alpha value is -1.48. The van der Waals surface area contributed by atoms with E-state index in [0.29, 0.717) is 0 Å². The molecule has 0 aliphatic heterocycles. The van der Waals surface area contributed by atoms with Gasteiger partial charge in [0.25, 0.3) is 0 Å². The van der Waals surface area contributed by atoms with Gasteiger partial charge in [0.05, 0.1) is 0 Å². The van der Waals surface area contributed by atoms with Crippen LogP contribution in [0.2, 0.25) is 0 Å². The lowest BCUT2D eigenvalue weighted by Gasteiger charge is -2.09. The van der Waals surface area contributed by atoms with E-state index in [2.05, 4.69) is 19.1 Å². The third-order valence-electron chi connectivity index (χ3n) is 2.64. The molecule has 17 heavy (non-hydrogen) atoms. The molecule has 2 nitrogen and oxygen atoms in total. The molecule has 0 atom stereocenters. The molecule has 0 fully saturated rings. The minimum atomic E-state index is 0.133. The molecule has 88 valence electrons. The summed E-state index contributed by atoms with van der Waals surface area (Å²) in [5.41, 5.74) is 6.43. The molecule has 3 N–H and O–H groups in total. The maximum absolute atomic E-state index is 7.60. The zero-order chi connectivity index (χ0) is 12.3. The Morgan fingerprint density at radius 1 is 1.18 bits per heavy atom. The molecular formula is C14H16N2S. The van der Waals surface area contributed by atoms with Gasteiger partial charge in [-0.2, -0.15) is 0 Å². The Labute approximate surface area is 106 Å². The summed E-state index contributed by atoms with van der Waals surface area (Å²) >= 11 is 1.86. The highest BCUT2D eigenvalue weighted by atomic mass is 32.2. The fourth-order valence-electron chi connectivity index (χ4n) is 1.84. The first-order valence-electron chi connectivity index (χ1n) is 5.73. The summed E-state index contributed by atoms with van der Waals surface area (Å²) in [6, 6.07) is 12.2. The SMILES string of the molecule is CCCSc1ccc(C(=N)N)c2ccccc12. The van der Waals surface area contributed by atoms with E-state index in [-0.39, 0.29) is 5.84 Å². The summed E-state index contributed by atoms with van der Waals surface area (Å²) < 4.78 is 0. The minimum absolute atomic E-state index is 0.133. The number of nitrogens with two attached hydrogens (primary N) is 1. The fraction of sp³-hybridized carbons (Fsp3) is 0.214. The van der Waals surface area contributed by atoms with E-state index in [1.807, 2.05) is 36.0 Å². The van der Waals surface area contributed by atoms with E-state index in [9.17, 15) is 0 Å². The van der Waals surface area contributed by atoms with Gasteiger partial charge in [-0.05, 0) is 35.1 Å². The Bertz CT molecular complexity index is 549. The molecule has 0 unspecified atom stereocenters. The van der Waals surface area contributed by atoms with Crippen molar-refractivity contribution in [2.24, 2.45) is 5.73 Å². The molecule has 2 aromatic rings. The Morgan fingerprint density at radius 3 is 2.53 bits per heavy atom. The van der Waals surface area contributed by atoms with E-state index in [1.54, 1.807) is 0 Å². The molecule has 0 amide bonds. The van der Waals surface area contributed by atoms with Gasteiger partial charge in [0.15, 0.2) is 0 Å². The third-order valence-corrected chi connectivity index (χ3v) is 3.92. The molecule has 0 aromatic heterocycles. The smallest absolute Gasteiger partial charge is 0.123 e.